The molecule has 2 heterocycles. The van der Waals surface area contributed by atoms with Crippen molar-refractivity contribution >= 4 is 29.2 Å². The molecule has 1 aromatic rings. The molecule has 0 saturated carbocycles. The summed E-state index contributed by atoms with van der Waals surface area (Å²) in [5.74, 6) is -0.156. The summed E-state index contributed by atoms with van der Waals surface area (Å²) in [4.78, 5) is 22.9. The van der Waals surface area contributed by atoms with Crippen LogP contribution in [0.1, 0.15) is 24.0 Å². The second-order valence-electron chi connectivity index (χ2n) is 4.83. The highest BCUT2D eigenvalue weighted by atomic mass is 35.5. The van der Waals surface area contributed by atoms with Gasteiger partial charge in [0.15, 0.2) is 6.79 Å². The summed E-state index contributed by atoms with van der Waals surface area (Å²) < 4.78 is 15.9. The minimum atomic E-state index is -0.569. The van der Waals surface area contributed by atoms with Gasteiger partial charge < -0.3 is 14.2 Å². The summed E-state index contributed by atoms with van der Waals surface area (Å²) in [6.07, 6.45) is 0.490. The molecule has 0 saturated heterocycles. The van der Waals surface area contributed by atoms with Gasteiger partial charge in [0.1, 0.15) is 18.1 Å². The third-order valence-electron chi connectivity index (χ3n) is 3.25. The number of hydrogen-bond donors (Lipinski definition) is 1. The Hall–Kier alpha value is -2.12. The molecule has 0 aromatic heterocycles. The molecule has 0 aliphatic carbocycles. The van der Waals surface area contributed by atoms with Crippen LogP contribution < -0.4 is 10.2 Å². The minimum absolute atomic E-state index is 0.00862. The molecule has 7 nitrogen and oxygen atoms in total. The largest absolute Gasteiger partial charge is 0.467 e. The molecule has 3 rings (SSSR count). The molecule has 0 radical (unpaired) electrons. The molecule has 0 spiro atoms. The smallest absolute Gasteiger partial charge is 0.354 e. The first-order valence-corrected chi connectivity index (χ1v) is 7.05. The first-order chi connectivity index (χ1) is 10.6. The molecule has 0 bridgehead atoms. The van der Waals surface area contributed by atoms with Crippen LogP contribution in [-0.4, -0.2) is 24.4 Å². The van der Waals surface area contributed by atoms with E-state index in [1.165, 1.54) is 0 Å². The molecule has 2 aliphatic heterocycles. The first kappa shape index (κ1) is 14.8. The number of ether oxygens (including phenoxy) is 3. The summed E-state index contributed by atoms with van der Waals surface area (Å²) in [6.45, 7) is 0.554. The van der Waals surface area contributed by atoms with E-state index in [2.05, 4.69) is 10.5 Å². The molecular formula is C14H13ClN2O5. The highest BCUT2D eigenvalue weighted by Gasteiger charge is 2.21. The zero-order chi connectivity index (χ0) is 15.5. The van der Waals surface area contributed by atoms with Crippen LogP contribution in [0.2, 0.25) is 5.02 Å². The maximum absolute atomic E-state index is 11.9. The van der Waals surface area contributed by atoms with Crippen LogP contribution in [0.5, 0.6) is 5.75 Å². The quantitative estimate of drug-likeness (QED) is 0.852. The third kappa shape index (κ3) is 3.20. The SMILES string of the molecule is O=C1CCC(C(=O)OCc2cc(Cl)cc3c2OCOC3)=NN1. The lowest BCUT2D eigenvalue weighted by atomic mass is 10.1. The fourth-order valence-electron chi connectivity index (χ4n) is 2.21. The summed E-state index contributed by atoms with van der Waals surface area (Å²) >= 11 is 6.04. The highest BCUT2D eigenvalue weighted by molar-refractivity contribution is 6.37. The van der Waals surface area contributed by atoms with Crippen molar-refractivity contribution < 1.29 is 23.8 Å². The molecule has 8 heteroatoms. The van der Waals surface area contributed by atoms with Crippen molar-refractivity contribution in [3.8, 4) is 5.75 Å². The zero-order valence-electron chi connectivity index (χ0n) is 11.6. The highest BCUT2D eigenvalue weighted by Crippen LogP contribution is 2.32. The van der Waals surface area contributed by atoms with E-state index in [-0.39, 0.29) is 37.9 Å². The van der Waals surface area contributed by atoms with Gasteiger partial charge >= 0.3 is 5.97 Å². The van der Waals surface area contributed by atoms with E-state index in [9.17, 15) is 9.59 Å². The van der Waals surface area contributed by atoms with E-state index in [0.29, 0.717) is 22.9 Å². The number of amides is 1. The second kappa shape index (κ2) is 6.33. The molecule has 2 aliphatic rings. The van der Waals surface area contributed by atoms with Crippen LogP contribution in [0.3, 0.4) is 0 Å². The lowest BCUT2D eigenvalue weighted by Gasteiger charge is -2.21. The second-order valence-corrected chi connectivity index (χ2v) is 5.27. The monoisotopic (exact) mass is 324 g/mol. The van der Waals surface area contributed by atoms with Crippen molar-refractivity contribution in [2.45, 2.75) is 26.1 Å². The molecular weight excluding hydrogens is 312 g/mol. The number of esters is 1. The zero-order valence-corrected chi connectivity index (χ0v) is 12.3. The molecule has 0 fully saturated rings. The van der Waals surface area contributed by atoms with Crippen molar-refractivity contribution in [3.63, 3.8) is 0 Å². The predicted molar refractivity (Wildman–Crippen MR) is 76.3 cm³/mol. The van der Waals surface area contributed by atoms with Crippen LogP contribution >= 0.6 is 11.6 Å². The number of fused-ring (bicyclic) bond motifs is 1. The van der Waals surface area contributed by atoms with Crippen LogP contribution in [0.4, 0.5) is 0 Å². The molecule has 1 aromatic carbocycles. The van der Waals surface area contributed by atoms with Crippen molar-refractivity contribution in [3.05, 3.63) is 28.3 Å². The Morgan fingerprint density at radius 3 is 3.05 bits per heavy atom. The van der Waals surface area contributed by atoms with E-state index >= 15 is 0 Å². The first-order valence-electron chi connectivity index (χ1n) is 6.68. The average molecular weight is 325 g/mol. The van der Waals surface area contributed by atoms with Gasteiger partial charge in [0.25, 0.3) is 0 Å². The summed E-state index contributed by atoms with van der Waals surface area (Å²) in [5.41, 5.74) is 3.93. The number of nitrogens with zero attached hydrogens (tertiary/aromatic N) is 1. The Bertz CT molecular complexity index is 659. The van der Waals surface area contributed by atoms with Crippen molar-refractivity contribution in [1.82, 2.24) is 5.43 Å². The number of carbonyl (C=O) groups is 2. The van der Waals surface area contributed by atoms with Crippen LogP contribution in [0.15, 0.2) is 17.2 Å². The van der Waals surface area contributed by atoms with Crippen LogP contribution in [-0.2, 0) is 32.3 Å². The van der Waals surface area contributed by atoms with E-state index < -0.39 is 5.97 Å². The topological polar surface area (TPSA) is 86.2 Å². The Labute approximate surface area is 131 Å². The van der Waals surface area contributed by atoms with Crippen molar-refractivity contribution in [2.75, 3.05) is 6.79 Å². The maximum Gasteiger partial charge on any atom is 0.354 e. The van der Waals surface area contributed by atoms with Crippen molar-refractivity contribution in [1.29, 1.82) is 0 Å². The molecule has 22 heavy (non-hydrogen) atoms. The van der Waals surface area contributed by atoms with Gasteiger partial charge in [0, 0.05) is 29.0 Å². The summed E-state index contributed by atoms with van der Waals surface area (Å²) in [5, 5.41) is 4.21. The van der Waals surface area contributed by atoms with Gasteiger partial charge in [-0.15, -0.1) is 0 Å². The Balaban J connectivity index is 1.70. The van der Waals surface area contributed by atoms with Gasteiger partial charge in [0.05, 0.1) is 6.61 Å². The van der Waals surface area contributed by atoms with Gasteiger partial charge in [-0.3, -0.25) is 4.79 Å². The number of benzene rings is 1. The molecule has 0 unspecified atom stereocenters. The number of carbonyl (C=O) groups excluding carboxylic acids is 2. The number of rotatable bonds is 3. The molecule has 1 amide bonds. The van der Waals surface area contributed by atoms with Gasteiger partial charge in [-0.05, 0) is 12.1 Å². The standard InChI is InChI=1S/C14H13ClN2O5/c15-10-3-8-5-20-7-22-13(8)9(4-10)6-21-14(19)11-1-2-12(18)17-16-11/h3-4H,1-2,5-7H2,(H,17,18). The summed E-state index contributed by atoms with van der Waals surface area (Å²) in [6, 6.07) is 3.44. The van der Waals surface area contributed by atoms with Crippen LogP contribution in [0, 0.1) is 0 Å². The molecule has 1 N–H and O–H groups in total. The van der Waals surface area contributed by atoms with E-state index in [4.69, 9.17) is 25.8 Å². The summed E-state index contributed by atoms with van der Waals surface area (Å²) in [7, 11) is 0. The molecule has 116 valence electrons. The molecule has 0 atom stereocenters. The predicted octanol–water partition coefficient (Wildman–Crippen LogP) is 1.52. The Morgan fingerprint density at radius 1 is 1.41 bits per heavy atom. The van der Waals surface area contributed by atoms with Gasteiger partial charge in [-0.25, -0.2) is 10.2 Å². The van der Waals surface area contributed by atoms with E-state index in [1.54, 1.807) is 12.1 Å². The fraction of sp³-hybridized carbons (Fsp3) is 0.357. The number of hydrazone groups is 1. The lowest BCUT2D eigenvalue weighted by Crippen LogP contribution is -2.30. The minimum Gasteiger partial charge on any atom is -0.467 e. The van der Waals surface area contributed by atoms with Gasteiger partial charge in [-0.1, -0.05) is 11.6 Å². The number of halogens is 1. The van der Waals surface area contributed by atoms with E-state index in [1.807, 2.05) is 0 Å². The van der Waals surface area contributed by atoms with Gasteiger partial charge in [-0.2, -0.15) is 5.10 Å². The average Bonchev–Trinajstić information content (AvgIpc) is 2.52. The van der Waals surface area contributed by atoms with Gasteiger partial charge in [0.2, 0.25) is 5.91 Å². The van der Waals surface area contributed by atoms with Crippen molar-refractivity contribution in [2.24, 2.45) is 5.10 Å². The number of nitrogens with one attached hydrogen (secondary N) is 1. The maximum atomic E-state index is 11.9. The third-order valence-corrected chi connectivity index (χ3v) is 3.47. The Kier molecular flexibility index (Phi) is 4.26. The van der Waals surface area contributed by atoms with Crippen LogP contribution in [0.25, 0.3) is 0 Å². The normalized spacial score (nSPS) is 17.0. The van der Waals surface area contributed by atoms with E-state index in [0.717, 1.165) is 5.56 Å². The lowest BCUT2D eigenvalue weighted by molar-refractivity contribution is -0.137. The Morgan fingerprint density at radius 2 is 2.27 bits per heavy atom. The number of hydrogen-bond acceptors (Lipinski definition) is 6. The fourth-order valence-corrected chi connectivity index (χ4v) is 2.48.